The number of halogens is 1. The molecule has 1 N–H and O–H groups in total. The van der Waals surface area contributed by atoms with Crippen molar-refractivity contribution in [2.24, 2.45) is 0 Å². The van der Waals surface area contributed by atoms with Crippen molar-refractivity contribution in [2.75, 3.05) is 13.7 Å². The van der Waals surface area contributed by atoms with Gasteiger partial charge in [0.2, 0.25) is 0 Å². The minimum absolute atomic E-state index is 0.137. The number of rotatable bonds is 6. The third-order valence-corrected chi connectivity index (χ3v) is 4.14. The summed E-state index contributed by atoms with van der Waals surface area (Å²) in [5.74, 6) is -0.555. The predicted molar refractivity (Wildman–Crippen MR) is 102 cm³/mol. The summed E-state index contributed by atoms with van der Waals surface area (Å²) in [6.45, 7) is 4.27. The van der Waals surface area contributed by atoms with Gasteiger partial charge in [0.25, 0.3) is 5.91 Å². The van der Waals surface area contributed by atoms with Gasteiger partial charge in [-0.05, 0) is 44.2 Å². The van der Waals surface area contributed by atoms with Crippen LogP contribution in [0.4, 0.5) is 4.39 Å². The van der Waals surface area contributed by atoms with Gasteiger partial charge in [0.15, 0.2) is 0 Å². The zero-order valence-corrected chi connectivity index (χ0v) is 15.6. The van der Waals surface area contributed by atoms with Crippen LogP contribution in [-0.2, 0) is 4.74 Å². The maximum absolute atomic E-state index is 13.2. The molecule has 140 valence electrons. The Hall–Kier alpha value is -2.99. The summed E-state index contributed by atoms with van der Waals surface area (Å²) >= 11 is 0. The molecule has 1 heterocycles. The molecule has 0 radical (unpaired) electrons. The standard InChI is InChI=1S/C21H22FN3O2/c1-14-5-4-6-16(11-14)20-19(21(26)23-15(2)13-27-3)12-25(24-20)18-9-7-17(22)8-10-18/h4-12,15H,13H2,1-3H3,(H,23,26). The number of aromatic nitrogens is 2. The van der Waals surface area contributed by atoms with E-state index in [2.05, 4.69) is 10.4 Å². The van der Waals surface area contributed by atoms with Gasteiger partial charge >= 0.3 is 0 Å². The van der Waals surface area contributed by atoms with E-state index < -0.39 is 0 Å². The van der Waals surface area contributed by atoms with Gasteiger partial charge in [-0.2, -0.15) is 5.10 Å². The number of carbonyl (C=O) groups is 1. The normalized spacial score (nSPS) is 12.0. The molecule has 3 rings (SSSR count). The summed E-state index contributed by atoms with van der Waals surface area (Å²) in [6.07, 6.45) is 1.67. The highest BCUT2D eigenvalue weighted by atomic mass is 19.1. The van der Waals surface area contributed by atoms with Crippen LogP contribution in [0.3, 0.4) is 0 Å². The van der Waals surface area contributed by atoms with Crippen molar-refractivity contribution in [1.29, 1.82) is 0 Å². The molecular weight excluding hydrogens is 345 g/mol. The van der Waals surface area contributed by atoms with E-state index in [0.717, 1.165) is 11.1 Å². The molecular formula is C21H22FN3O2. The van der Waals surface area contributed by atoms with E-state index in [0.29, 0.717) is 23.6 Å². The molecule has 3 aromatic rings. The number of nitrogens with zero attached hydrogens (tertiary/aromatic N) is 2. The summed E-state index contributed by atoms with van der Waals surface area (Å²) in [5.41, 5.74) is 3.62. The summed E-state index contributed by atoms with van der Waals surface area (Å²) in [7, 11) is 1.59. The summed E-state index contributed by atoms with van der Waals surface area (Å²) < 4.78 is 19.9. The average Bonchev–Trinajstić information content (AvgIpc) is 3.08. The van der Waals surface area contributed by atoms with Crippen molar-refractivity contribution in [3.63, 3.8) is 0 Å². The van der Waals surface area contributed by atoms with Crippen molar-refractivity contribution < 1.29 is 13.9 Å². The van der Waals surface area contributed by atoms with Gasteiger partial charge in [-0.3, -0.25) is 4.79 Å². The van der Waals surface area contributed by atoms with E-state index in [-0.39, 0.29) is 17.8 Å². The number of methoxy groups -OCH3 is 1. The molecule has 2 aromatic carbocycles. The van der Waals surface area contributed by atoms with Crippen LogP contribution < -0.4 is 5.32 Å². The molecule has 0 aliphatic heterocycles. The average molecular weight is 367 g/mol. The van der Waals surface area contributed by atoms with E-state index in [1.165, 1.54) is 12.1 Å². The fourth-order valence-corrected chi connectivity index (χ4v) is 2.86. The smallest absolute Gasteiger partial charge is 0.255 e. The third-order valence-electron chi connectivity index (χ3n) is 4.14. The minimum Gasteiger partial charge on any atom is -0.383 e. The second-order valence-corrected chi connectivity index (χ2v) is 6.51. The maximum Gasteiger partial charge on any atom is 0.255 e. The second-order valence-electron chi connectivity index (χ2n) is 6.51. The topological polar surface area (TPSA) is 56.1 Å². The maximum atomic E-state index is 13.2. The Bertz CT molecular complexity index is 935. The molecule has 0 aliphatic carbocycles. The Morgan fingerprint density at radius 1 is 1.26 bits per heavy atom. The minimum atomic E-state index is -0.323. The molecule has 0 fully saturated rings. The number of aryl methyl sites for hydroxylation is 1. The zero-order valence-electron chi connectivity index (χ0n) is 15.6. The molecule has 0 saturated carbocycles. The first-order valence-electron chi connectivity index (χ1n) is 8.70. The van der Waals surface area contributed by atoms with Crippen LogP contribution in [0.5, 0.6) is 0 Å². The molecule has 1 aromatic heterocycles. The number of benzene rings is 2. The number of amides is 1. The number of hydrogen-bond donors (Lipinski definition) is 1. The van der Waals surface area contributed by atoms with Gasteiger partial charge in [-0.15, -0.1) is 0 Å². The predicted octanol–water partition coefficient (Wildman–Crippen LogP) is 3.75. The summed E-state index contributed by atoms with van der Waals surface area (Å²) in [6, 6.07) is 13.6. The van der Waals surface area contributed by atoms with E-state index >= 15 is 0 Å². The third kappa shape index (κ3) is 4.41. The van der Waals surface area contributed by atoms with E-state index in [1.807, 2.05) is 38.1 Å². The highest BCUT2D eigenvalue weighted by Crippen LogP contribution is 2.25. The van der Waals surface area contributed by atoms with Crippen molar-refractivity contribution in [1.82, 2.24) is 15.1 Å². The molecule has 0 bridgehead atoms. The van der Waals surface area contributed by atoms with E-state index in [4.69, 9.17) is 4.74 Å². The van der Waals surface area contributed by atoms with Crippen LogP contribution in [0.2, 0.25) is 0 Å². The monoisotopic (exact) mass is 367 g/mol. The Morgan fingerprint density at radius 3 is 2.67 bits per heavy atom. The van der Waals surface area contributed by atoms with Crippen LogP contribution >= 0.6 is 0 Å². The zero-order chi connectivity index (χ0) is 19.4. The molecule has 0 saturated heterocycles. The molecule has 1 amide bonds. The van der Waals surface area contributed by atoms with Gasteiger partial charge in [0.1, 0.15) is 11.5 Å². The Kier molecular flexibility index (Phi) is 5.66. The quantitative estimate of drug-likeness (QED) is 0.722. The Balaban J connectivity index is 2.03. The van der Waals surface area contributed by atoms with Gasteiger partial charge in [-0.1, -0.05) is 23.8 Å². The lowest BCUT2D eigenvalue weighted by atomic mass is 10.1. The molecule has 0 aliphatic rings. The molecule has 27 heavy (non-hydrogen) atoms. The number of hydrogen-bond acceptors (Lipinski definition) is 3. The van der Waals surface area contributed by atoms with Crippen molar-refractivity contribution in [3.8, 4) is 16.9 Å². The molecule has 1 atom stereocenters. The van der Waals surface area contributed by atoms with Gasteiger partial charge < -0.3 is 10.1 Å². The highest BCUT2D eigenvalue weighted by molar-refractivity contribution is 6.00. The van der Waals surface area contributed by atoms with Gasteiger partial charge in [0, 0.05) is 24.9 Å². The summed E-state index contributed by atoms with van der Waals surface area (Å²) in [5, 5.41) is 7.52. The first-order valence-corrected chi connectivity index (χ1v) is 8.70. The Morgan fingerprint density at radius 2 is 2.00 bits per heavy atom. The first-order chi connectivity index (χ1) is 13.0. The van der Waals surface area contributed by atoms with Crippen molar-refractivity contribution in [3.05, 3.63) is 71.7 Å². The SMILES string of the molecule is COCC(C)NC(=O)c1cn(-c2ccc(F)cc2)nc1-c1cccc(C)c1. The van der Waals surface area contributed by atoms with Crippen LogP contribution in [0, 0.1) is 12.7 Å². The molecule has 0 spiro atoms. The van der Waals surface area contributed by atoms with Crippen LogP contribution in [0.25, 0.3) is 16.9 Å². The highest BCUT2D eigenvalue weighted by Gasteiger charge is 2.20. The van der Waals surface area contributed by atoms with Gasteiger partial charge in [0.05, 0.1) is 17.9 Å². The van der Waals surface area contributed by atoms with Crippen LogP contribution in [0.15, 0.2) is 54.7 Å². The lowest BCUT2D eigenvalue weighted by Gasteiger charge is -2.12. The first kappa shape index (κ1) is 18.8. The molecule has 6 heteroatoms. The van der Waals surface area contributed by atoms with Crippen LogP contribution in [-0.4, -0.2) is 35.4 Å². The molecule has 5 nitrogen and oxygen atoms in total. The van der Waals surface area contributed by atoms with Crippen molar-refractivity contribution in [2.45, 2.75) is 19.9 Å². The number of ether oxygens (including phenoxy) is 1. The van der Waals surface area contributed by atoms with Gasteiger partial charge in [-0.25, -0.2) is 9.07 Å². The summed E-state index contributed by atoms with van der Waals surface area (Å²) in [4.78, 5) is 12.8. The van der Waals surface area contributed by atoms with Crippen molar-refractivity contribution >= 4 is 5.91 Å². The van der Waals surface area contributed by atoms with Crippen LogP contribution in [0.1, 0.15) is 22.8 Å². The second kappa shape index (κ2) is 8.14. The fraction of sp³-hybridized carbons (Fsp3) is 0.238. The van der Waals surface area contributed by atoms with E-state index in [9.17, 15) is 9.18 Å². The van der Waals surface area contributed by atoms with E-state index in [1.54, 1.807) is 30.1 Å². The lowest BCUT2D eigenvalue weighted by Crippen LogP contribution is -2.35. The number of nitrogens with one attached hydrogen (secondary N) is 1. The fourth-order valence-electron chi connectivity index (χ4n) is 2.86. The number of carbonyl (C=O) groups excluding carboxylic acids is 1. The lowest BCUT2D eigenvalue weighted by molar-refractivity contribution is 0.0906. The largest absolute Gasteiger partial charge is 0.383 e. The Labute approximate surface area is 157 Å². The molecule has 1 unspecified atom stereocenters.